The Labute approximate surface area is 114 Å². The SMILES string of the molecule is NC1CCCC1C(=O)NC1CC(=O)N(CC(F)(F)F)C1. The van der Waals surface area contributed by atoms with Gasteiger partial charge in [-0.15, -0.1) is 0 Å². The normalized spacial score (nSPS) is 30.9. The summed E-state index contributed by atoms with van der Waals surface area (Å²) >= 11 is 0. The van der Waals surface area contributed by atoms with Crippen LogP contribution in [0.25, 0.3) is 0 Å². The summed E-state index contributed by atoms with van der Waals surface area (Å²) in [6.45, 7) is -1.35. The first kappa shape index (κ1) is 15.1. The molecule has 3 N–H and O–H groups in total. The third-order valence-corrected chi connectivity index (χ3v) is 3.84. The second-order valence-corrected chi connectivity index (χ2v) is 5.50. The molecule has 1 saturated heterocycles. The second kappa shape index (κ2) is 5.59. The number of alkyl halides is 3. The highest BCUT2D eigenvalue weighted by atomic mass is 19.4. The lowest BCUT2D eigenvalue weighted by molar-refractivity contribution is -0.157. The van der Waals surface area contributed by atoms with Crippen molar-refractivity contribution in [3.8, 4) is 0 Å². The van der Waals surface area contributed by atoms with E-state index in [-0.39, 0.29) is 30.8 Å². The summed E-state index contributed by atoms with van der Waals surface area (Å²) in [5, 5.41) is 2.65. The molecule has 1 aliphatic heterocycles. The minimum atomic E-state index is -4.41. The van der Waals surface area contributed by atoms with Crippen LogP contribution in [0.5, 0.6) is 0 Å². The molecule has 3 atom stereocenters. The monoisotopic (exact) mass is 293 g/mol. The number of nitrogens with two attached hydrogens (primary N) is 1. The number of hydrogen-bond donors (Lipinski definition) is 2. The van der Waals surface area contributed by atoms with Gasteiger partial charge in [-0.05, 0) is 12.8 Å². The first-order valence-corrected chi connectivity index (χ1v) is 6.67. The second-order valence-electron chi connectivity index (χ2n) is 5.50. The van der Waals surface area contributed by atoms with E-state index >= 15 is 0 Å². The lowest BCUT2D eigenvalue weighted by Crippen LogP contribution is -2.45. The Bertz CT molecular complexity index is 400. The molecule has 8 heteroatoms. The first-order chi connectivity index (χ1) is 9.26. The molecule has 0 radical (unpaired) electrons. The predicted octanol–water partition coefficient (Wildman–Crippen LogP) is 0.393. The van der Waals surface area contributed by atoms with Gasteiger partial charge in [-0.3, -0.25) is 9.59 Å². The first-order valence-electron chi connectivity index (χ1n) is 6.67. The van der Waals surface area contributed by atoms with Gasteiger partial charge in [0.05, 0.1) is 12.0 Å². The number of likely N-dealkylation sites (tertiary alicyclic amines) is 1. The molecule has 2 fully saturated rings. The molecule has 0 aromatic carbocycles. The number of rotatable bonds is 3. The molecule has 1 aliphatic carbocycles. The lowest BCUT2D eigenvalue weighted by atomic mass is 10.0. The zero-order chi connectivity index (χ0) is 14.9. The van der Waals surface area contributed by atoms with Crippen molar-refractivity contribution >= 4 is 11.8 Å². The maximum atomic E-state index is 12.3. The zero-order valence-electron chi connectivity index (χ0n) is 10.9. The van der Waals surface area contributed by atoms with Crippen LogP contribution in [0.15, 0.2) is 0 Å². The van der Waals surface area contributed by atoms with Crippen LogP contribution in [-0.2, 0) is 9.59 Å². The third kappa shape index (κ3) is 3.62. The fraction of sp³-hybridized carbons (Fsp3) is 0.833. The number of nitrogens with one attached hydrogen (secondary N) is 1. The quantitative estimate of drug-likeness (QED) is 0.790. The Morgan fingerprint density at radius 3 is 2.65 bits per heavy atom. The molecule has 2 rings (SSSR count). The maximum absolute atomic E-state index is 12.3. The highest BCUT2D eigenvalue weighted by molar-refractivity contribution is 5.83. The van der Waals surface area contributed by atoms with E-state index < -0.39 is 24.7 Å². The highest BCUT2D eigenvalue weighted by Gasteiger charge is 2.40. The van der Waals surface area contributed by atoms with Gasteiger partial charge in [0.1, 0.15) is 6.54 Å². The number of hydrogen-bond acceptors (Lipinski definition) is 3. The van der Waals surface area contributed by atoms with Crippen molar-refractivity contribution < 1.29 is 22.8 Å². The molecule has 2 aliphatic rings. The van der Waals surface area contributed by atoms with Gasteiger partial charge in [0.15, 0.2) is 0 Å². The molecular weight excluding hydrogens is 275 g/mol. The molecule has 1 saturated carbocycles. The molecule has 5 nitrogen and oxygen atoms in total. The van der Waals surface area contributed by atoms with Crippen LogP contribution in [0.3, 0.4) is 0 Å². The van der Waals surface area contributed by atoms with Gasteiger partial charge in [-0.25, -0.2) is 0 Å². The van der Waals surface area contributed by atoms with Crippen LogP contribution >= 0.6 is 0 Å². The lowest BCUT2D eigenvalue weighted by Gasteiger charge is -2.20. The molecule has 0 bridgehead atoms. The van der Waals surface area contributed by atoms with E-state index in [0.29, 0.717) is 6.42 Å². The van der Waals surface area contributed by atoms with E-state index in [0.717, 1.165) is 17.7 Å². The molecule has 1 heterocycles. The van der Waals surface area contributed by atoms with E-state index in [2.05, 4.69) is 5.32 Å². The highest BCUT2D eigenvalue weighted by Crippen LogP contribution is 2.25. The van der Waals surface area contributed by atoms with Gasteiger partial charge in [-0.1, -0.05) is 6.42 Å². The van der Waals surface area contributed by atoms with Crippen molar-refractivity contribution in [1.29, 1.82) is 0 Å². The van der Waals surface area contributed by atoms with Crippen LogP contribution in [0.1, 0.15) is 25.7 Å². The summed E-state index contributed by atoms with van der Waals surface area (Å²) in [6.07, 6.45) is -2.14. The fourth-order valence-corrected chi connectivity index (χ4v) is 2.86. The third-order valence-electron chi connectivity index (χ3n) is 3.84. The van der Waals surface area contributed by atoms with Crippen LogP contribution in [0.2, 0.25) is 0 Å². The molecule has 2 amide bonds. The Kier molecular flexibility index (Phi) is 4.22. The summed E-state index contributed by atoms with van der Waals surface area (Å²) in [6, 6.07) is -0.747. The zero-order valence-corrected chi connectivity index (χ0v) is 10.9. The number of nitrogens with zero attached hydrogens (tertiary/aromatic N) is 1. The van der Waals surface area contributed by atoms with Crippen molar-refractivity contribution in [2.24, 2.45) is 11.7 Å². The molecule has 0 aromatic rings. The number of halogens is 3. The average Bonchev–Trinajstić information content (AvgIpc) is 2.84. The Hall–Kier alpha value is -1.31. The Morgan fingerprint density at radius 1 is 1.40 bits per heavy atom. The Morgan fingerprint density at radius 2 is 2.10 bits per heavy atom. The van der Waals surface area contributed by atoms with Crippen molar-refractivity contribution in [2.45, 2.75) is 43.9 Å². The van der Waals surface area contributed by atoms with Crippen molar-refractivity contribution in [1.82, 2.24) is 10.2 Å². The Balaban J connectivity index is 1.86. The van der Waals surface area contributed by atoms with Gasteiger partial charge in [0.2, 0.25) is 11.8 Å². The molecule has 3 unspecified atom stereocenters. The van der Waals surface area contributed by atoms with Gasteiger partial charge >= 0.3 is 6.18 Å². The van der Waals surface area contributed by atoms with E-state index in [1.165, 1.54) is 0 Å². The van der Waals surface area contributed by atoms with E-state index in [1.807, 2.05) is 0 Å². The number of amides is 2. The summed E-state index contributed by atoms with van der Waals surface area (Å²) in [5.74, 6) is -1.12. The van der Waals surface area contributed by atoms with Crippen LogP contribution in [0.4, 0.5) is 13.2 Å². The standard InChI is InChI=1S/C12H18F3N3O2/c13-12(14,15)6-18-5-7(4-10(18)19)17-11(20)8-2-1-3-9(8)16/h7-9H,1-6,16H2,(H,17,20). The topological polar surface area (TPSA) is 75.4 Å². The summed E-state index contributed by atoms with van der Waals surface area (Å²) in [5.41, 5.74) is 5.81. The van der Waals surface area contributed by atoms with Gasteiger partial charge in [0, 0.05) is 19.0 Å². The van der Waals surface area contributed by atoms with E-state index in [4.69, 9.17) is 5.73 Å². The summed E-state index contributed by atoms with van der Waals surface area (Å²) in [7, 11) is 0. The van der Waals surface area contributed by atoms with E-state index in [9.17, 15) is 22.8 Å². The molecule has 0 aromatic heterocycles. The predicted molar refractivity (Wildman–Crippen MR) is 64.5 cm³/mol. The van der Waals surface area contributed by atoms with Gasteiger partial charge < -0.3 is 16.0 Å². The largest absolute Gasteiger partial charge is 0.406 e. The smallest absolute Gasteiger partial charge is 0.351 e. The van der Waals surface area contributed by atoms with E-state index in [1.54, 1.807) is 0 Å². The molecular formula is C12H18F3N3O2. The number of carbonyl (C=O) groups is 2. The van der Waals surface area contributed by atoms with Crippen LogP contribution < -0.4 is 11.1 Å². The van der Waals surface area contributed by atoms with Crippen molar-refractivity contribution in [2.75, 3.05) is 13.1 Å². The van der Waals surface area contributed by atoms with Crippen LogP contribution in [-0.4, -0.2) is 48.1 Å². The number of carbonyl (C=O) groups excluding carboxylic acids is 2. The van der Waals surface area contributed by atoms with Gasteiger partial charge in [-0.2, -0.15) is 13.2 Å². The van der Waals surface area contributed by atoms with Crippen molar-refractivity contribution in [3.05, 3.63) is 0 Å². The maximum Gasteiger partial charge on any atom is 0.406 e. The molecule has 0 spiro atoms. The summed E-state index contributed by atoms with van der Waals surface area (Å²) < 4.78 is 36.8. The molecule has 20 heavy (non-hydrogen) atoms. The van der Waals surface area contributed by atoms with Gasteiger partial charge in [0.25, 0.3) is 0 Å². The molecule has 114 valence electrons. The minimum Gasteiger partial charge on any atom is -0.351 e. The minimum absolute atomic E-state index is 0.0796. The fourth-order valence-electron chi connectivity index (χ4n) is 2.86. The average molecular weight is 293 g/mol. The van der Waals surface area contributed by atoms with Crippen LogP contribution in [0, 0.1) is 5.92 Å². The summed E-state index contributed by atoms with van der Waals surface area (Å²) in [4.78, 5) is 24.2. The van der Waals surface area contributed by atoms with Crippen molar-refractivity contribution in [3.63, 3.8) is 0 Å².